The summed E-state index contributed by atoms with van der Waals surface area (Å²) in [5.74, 6) is 1.31. The summed E-state index contributed by atoms with van der Waals surface area (Å²) in [7, 11) is 0. The number of anilines is 1. The number of nitrogens with one attached hydrogen (secondary N) is 1. The zero-order chi connectivity index (χ0) is 25.7. The molecule has 0 aliphatic carbocycles. The first-order valence-corrected chi connectivity index (χ1v) is 13.5. The second-order valence-electron chi connectivity index (χ2n) is 7.84. The average molecular weight is 561 g/mol. The summed E-state index contributed by atoms with van der Waals surface area (Å²) in [6, 6.07) is 11.2. The van der Waals surface area contributed by atoms with E-state index in [-0.39, 0.29) is 18.3 Å². The zero-order valence-corrected chi connectivity index (χ0v) is 22.8. The number of carbonyl (C=O) groups excluding carboxylic acids is 1. The molecule has 186 valence electrons. The Labute approximate surface area is 227 Å². The van der Waals surface area contributed by atoms with Gasteiger partial charge in [-0.1, -0.05) is 53.2 Å². The summed E-state index contributed by atoms with van der Waals surface area (Å²) in [6.45, 7) is 8.41. The molecule has 7 nitrogen and oxygen atoms in total. The molecule has 1 N–H and O–H groups in total. The maximum absolute atomic E-state index is 12.6. The van der Waals surface area contributed by atoms with Crippen LogP contribution in [0.5, 0.6) is 5.75 Å². The lowest BCUT2D eigenvalue weighted by molar-refractivity contribution is -0.113. The zero-order valence-electron chi connectivity index (χ0n) is 19.6. The number of halogens is 2. The Kier molecular flexibility index (Phi) is 8.68. The van der Waals surface area contributed by atoms with Crippen molar-refractivity contribution in [3.05, 3.63) is 81.4 Å². The lowest BCUT2D eigenvalue weighted by atomic mass is 10.1. The third-order valence-electron chi connectivity index (χ3n) is 5.11. The van der Waals surface area contributed by atoms with Crippen LogP contribution in [0, 0.1) is 13.8 Å². The number of ether oxygens (including phenoxy) is 1. The molecule has 11 heteroatoms. The maximum Gasteiger partial charge on any atom is 0.236 e. The van der Waals surface area contributed by atoms with E-state index >= 15 is 0 Å². The molecule has 0 spiro atoms. The molecule has 0 bridgehead atoms. The molecule has 0 saturated heterocycles. The number of amides is 1. The van der Waals surface area contributed by atoms with Crippen molar-refractivity contribution in [2.24, 2.45) is 0 Å². The van der Waals surface area contributed by atoms with Gasteiger partial charge in [-0.05, 0) is 49.2 Å². The second-order valence-corrected chi connectivity index (χ2v) is 10.5. The number of hydrogen-bond donors (Lipinski definition) is 1. The van der Waals surface area contributed by atoms with E-state index < -0.39 is 0 Å². The molecule has 4 rings (SSSR count). The maximum atomic E-state index is 12.6. The van der Waals surface area contributed by atoms with Crippen LogP contribution in [-0.4, -0.2) is 31.4 Å². The van der Waals surface area contributed by atoms with E-state index in [0.717, 1.165) is 27.4 Å². The lowest BCUT2D eigenvalue weighted by Crippen LogP contribution is -2.15. The molecule has 0 radical (unpaired) electrons. The molecule has 36 heavy (non-hydrogen) atoms. The highest BCUT2D eigenvalue weighted by Crippen LogP contribution is 2.28. The number of aromatic nitrogens is 4. The van der Waals surface area contributed by atoms with E-state index in [0.29, 0.717) is 33.4 Å². The number of thioether (sulfide) groups is 1. The number of aryl methyl sites for hydroxylation is 2. The third-order valence-corrected chi connectivity index (χ3v) is 7.68. The van der Waals surface area contributed by atoms with Gasteiger partial charge in [0.05, 0.1) is 11.4 Å². The fraction of sp³-hybridized carbons (Fsp3) is 0.200. The fourth-order valence-corrected chi connectivity index (χ4v) is 5.09. The molecule has 0 aliphatic rings. The van der Waals surface area contributed by atoms with E-state index in [9.17, 15) is 4.79 Å². The molecule has 0 saturated carbocycles. The Morgan fingerprint density at radius 2 is 1.92 bits per heavy atom. The average Bonchev–Trinajstić information content (AvgIpc) is 3.47. The predicted octanol–water partition coefficient (Wildman–Crippen LogP) is 6.82. The summed E-state index contributed by atoms with van der Waals surface area (Å²) in [5.41, 5.74) is 3.60. The van der Waals surface area contributed by atoms with E-state index in [4.69, 9.17) is 27.9 Å². The highest BCUT2D eigenvalue weighted by Gasteiger charge is 2.16. The standard InChI is InChI=1S/C25H23Cl2N5O2S2/c1-4-9-32-21(12-34-19-10-15(2)23(27)16(3)11-19)30-31-25(32)36-14-22(33)29-24-28-20(13-35-24)17-5-7-18(26)8-6-17/h4-8,10-11,13H,1,9,12,14H2,2-3H3,(H,28,29,33). The van der Waals surface area contributed by atoms with Crippen LogP contribution in [0.25, 0.3) is 11.3 Å². The number of thiazole rings is 1. The molecule has 4 aromatic rings. The van der Waals surface area contributed by atoms with E-state index in [1.807, 2.05) is 48.1 Å². The van der Waals surface area contributed by atoms with Gasteiger partial charge in [-0.3, -0.25) is 9.36 Å². The normalized spacial score (nSPS) is 10.9. The minimum absolute atomic E-state index is 0.154. The Morgan fingerprint density at radius 1 is 1.19 bits per heavy atom. The number of nitrogens with zero attached hydrogens (tertiary/aromatic N) is 4. The first kappa shape index (κ1) is 26.2. The molecule has 0 fully saturated rings. The van der Waals surface area contributed by atoms with Crippen molar-refractivity contribution < 1.29 is 9.53 Å². The smallest absolute Gasteiger partial charge is 0.236 e. The third kappa shape index (κ3) is 6.47. The number of hydrogen-bond acceptors (Lipinski definition) is 7. The van der Waals surface area contributed by atoms with Crippen LogP contribution in [0.3, 0.4) is 0 Å². The van der Waals surface area contributed by atoms with Gasteiger partial charge in [0.1, 0.15) is 12.4 Å². The molecular weight excluding hydrogens is 537 g/mol. The Bertz CT molecular complexity index is 1360. The molecule has 0 atom stereocenters. The summed E-state index contributed by atoms with van der Waals surface area (Å²) in [5, 5.41) is 15.8. The van der Waals surface area contributed by atoms with Gasteiger partial charge in [-0.2, -0.15) is 0 Å². The number of benzene rings is 2. The van der Waals surface area contributed by atoms with Crippen molar-refractivity contribution in [1.29, 1.82) is 0 Å². The van der Waals surface area contributed by atoms with E-state index in [1.165, 1.54) is 23.1 Å². The van der Waals surface area contributed by atoms with Gasteiger partial charge in [-0.15, -0.1) is 28.1 Å². The molecular formula is C25H23Cl2N5O2S2. The Morgan fingerprint density at radius 3 is 2.61 bits per heavy atom. The minimum Gasteiger partial charge on any atom is -0.486 e. The van der Waals surface area contributed by atoms with Crippen LogP contribution in [-0.2, 0) is 17.9 Å². The van der Waals surface area contributed by atoms with Crippen molar-refractivity contribution in [2.75, 3.05) is 11.1 Å². The van der Waals surface area contributed by atoms with Crippen molar-refractivity contribution >= 4 is 57.3 Å². The van der Waals surface area contributed by atoms with Crippen LogP contribution in [0.4, 0.5) is 5.13 Å². The molecule has 0 unspecified atom stereocenters. The van der Waals surface area contributed by atoms with Crippen molar-refractivity contribution in [3.8, 4) is 17.0 Å². The quantitative estimate of drug-likeness (QED) is 0.169. The van der Waals surface area contributed by atoms with Crippen LogP contribution >= 0.6 is 46.3 Å². The molecule has 2 aromatic carbocycles. The van der Waals surface area contributed by atoms with Crippen molar-refractivity contribution in [1.82, 2.24) is 19.7 Å². The van der Waals surface area contributed by atoms with Gasteiger partial charge < -0.3 is 10.1 Å². The molecule has 2 aromatic heterocycles. The highest BCUT2D eigenvalue weighted by molar-refractivity contribution is 7.99. The summed E-state index contributed by atoms with van der Waals surface area (Å²) >= 11 is 14.8. The van der Waals surface area contributed by atoms with Gasteiger partial charge in [0.2, 0.25) is 5.91 Å². The molecule has 2 heterocycles. The van der Waals surface area contributed by atoms with Gasteiger partial charge in [0.25, 0.3) is 0 Å². The van der Waals surface area contributed by atoms with Crippen LogP contribution in [0.2, 0.25) is 10.0 Å². The topological polar surface area (TPSA) is 81.9 Å². The van der Waals surface area contributed by atoms with Crippen LogP contribution < -0.4 is 10.1 Å². The fourth-order valence-electron chi connectivity index (χ4n) is 3.35. The van der Waals surface area contributed by atoms with Gasteiger partial charge >= 0.3 is 0 Å². The summed E-state index contributed by atoms with van der Waals surface area (Å²) < 4.78 is 7.82. The van der Waals surface area contributed by atoms with Gasteiger partial charge in [-0.25, -0.2) is 4.98 Å². The minimum atomic E-state index is -0.185. The Balaban J connectivity index is 1.36. The van der Waals surface area contributed by atoms with E-state index in [1.54, 1.807) is 18.2 Å². The first-order valence-electron chi connectivity index (χ1n) is 10.9. The number of rotatable bonds is 10. The number of allylic oxidation sites excluding steroid dienone is 1. The largest absolute Gasteiger partial charge is 0.486 e. The molecule has 0 aliphatic heterocycles. The number of carbonyl (C=O) groups is 1. The first-order chi connectivity index (χ1) is 17.3. The van der Waals surface area contributed by atoms with Crippen molar-refractivity contribution in [2.45, 2.75) is 32.2 Å². The lowest BCUT2D eigenvalue weighted by Gasteiger charge is -2.11. The Hall–Kier alpha value is -2.85. The van der Waals surface area contributed by atoms with Gasteiger partial charge in [0.15, 0.2) is 16.1 Å². The van der Waals surface area contributed by atoms with E-state index in [2.05, 4.69) is 27.1 Å². The summed E-state index contributed by atoms with van der Waals surface area (Å²) in [6.07, 6.45) is 1.75. The second kappa shape index (κ2) is 11.9. The van der Waals surface area contributed by atoms with Crippen LogP contribution in [0.15, 0.2) is 59.6 Å². The SMILES string of the molecule is C=CCn1c(COc2cc(C)c(Cl)c(C)c2)nnc1SCC(=O)Nc1nc(-c2ccc(Cl)cc2)cs1. The predicted molar refractivity (Wildman–Crippen MR) is 147 cm³/mol. The molecule has 1 amide bonds. The van der Waals surface area contributed by atoms with Crippen molar-refractivity contribution in [3.63, 3.8) is 0 Å². The van der Waals surface area contributed by atoms with Crippen LogP contribution in [0.1, 0.15) is 17.0 Å². The highest BCUT2D eigenvalue weighted by atomic mass is 35.5. The summed E-state index contributed by atoms with van der Waals surface area (Å²) in [4.78, 5) is 17.0. The monoisotopic (exact) mass is 559 g/mol. The van der Waals surface area contributed by atoms with Gasteiger partial charge in [0, 0.05) is 27.5 Å².